The first-order chi connectivity index (χ1) is 7.72. The summed E-state index contributed by atoms with van der Waals surface area (Å²) < 4.78 is 1.06. The highest BCUT2D eigenvalue weighted by Crippen LogP contribution is 2.35. The first-order valence-electron chi connectivity index (χ1n) is 6.00. The van der Waals surface area contributed by atoms with E-state index in [2.05, 4.69) is 22.9 Å². The van der Waals surface area contributed by atoms with Crippen LogP contribution in [0.25, 0.3) is 0 Å². The molecular weight excluding hydrogens is 284 g/mol. The molecule has 1 aromatic heterocycles. The lowest BCUT2D eigenvalue weighted by atomic mass is 9.74. The Balaban J connectivity index is 2.13. The smallest absolute Gasteiger partial charge is 0.167 e. The minimum absolute atomic E-state index is 0.278. The number of hydrogen-bond donors (Lipinski definition) is 0. The molecule has 1 aliphatic rings. The van der Waals surface area contributed by atoms with Crippen molar-refractivity contribution in [1.29, 1.82) is 0 Å². The predicted molar refractivity (Wildman–Crippen MR) is 72.1 cm³/mol. The molecule has 0 amide bonds. The van der Waals surface area contributed by atoms with E-state index in [1.807, 2.05) is 11.4 Å². The Labute approximate surface area is 109 Å². The zero-order chi connectivity index (χ0) is 11.5. The highest BCUT2D eigenvalue weighted by molar-refractivity contribution is 9.11. The van der Waals surface area contributed by atoms with E-state index in [1.165, 1.54) is 19.3 Å². The number of carbonyl (C=O) groups is 1. The molecule has 3 heteroatoms. The quantitative estimate of drug-likeness (QED) is 0.725. The molecule has 1 fully saturated rings. The van der Waals surface area contributed by atoms with Crippen LogP contribution in [0.3, 0.4) is 0 Å². The van der Waals surface area contributed by atoms with Crippen LogP contribution < -0.4 is 0 Å². The van der Waals surface area contributed by atoms with Gasteiger partial charge in [0.15, 0.2) is 5.78 Å². The van der Waals surface area contributed by atoms with Crippen LogP contribution in [0, 0.1) is 11.8 Å². The van der Waals surface area contributed by atoms with Crippen molar-refractivity contribution in [3.05, 3.63) is 20.8 Å². The molecule has 2 rings (SSSR count). The zero-order valence-corrected chi connectivity index (χ0v) is 11.9. The number of thiophene rings is 1. The van der Waals surface area contributed by atoms with Crippen LogP contribution in [0.4, 0.5) is 0 Å². The van der Waals surface area contributed by atoms with E-state index in [1.54, 1.807) is 11.3 Å². The molecule has 0 aromatic carbocycles. The Bertz CT molecular complexity index is 372. The van der Waals surface area contributed by atoms with Crippen molar-refractivity contribution in [2.24, 2.45) is 11.8 Å². The predicted octanol–water partition coefficient (Wildman–Crippen LogP) is 4.91. The van der Waals surface area contributed by atoms with Gasteiger partial charge < -0.3 is 0 Å². The summed E-state index contributed by atoms with van der Waals surface area (Å²) in [5.74, 6) is 1.26. The van der Waals surface area contributed by atoms with Crippen LogP contribution >= 0.6 is 27.3 Å². The number of ketones is 1. The van der Waals surface area contributed by atoms with Crippen LogP contribution in [0.2, 0.25) is 0 Å². The normalized spacial score (nSPS) is 25.6. The number of rotatable bonds is 3. The Morgan fingerprint density at radius 3 is 2.88 bits per heavy atom. The van der Waals surface area contributed by atoms with Crippen molar-refractivity contribution >= 4 is 33.0 Å². The van der Waals surface area contributed by atoms with Crippen molar-refractivity contribution in [3.63, 3.8) is 0 Å². The number of carbonyl (C=O) groups excluding carboxylic acids is 1. The van der Waals surface area contributed by atoms with Crippen LogP contribution in [0.15, 0.2) is 15.2 Å². The van der Waals surface area contributed by atoms with Gasteiger partial charge in [-0.05, 0) is 40.8 Å². The molecule has 0 radical (unpaired) electrons. The van der Waals surface area contributed by atoms with Crippen LogP contribution in [0.5, 0.6) is 0 Å². The third-order valence-corrected chi connectivity index (χ3v) is 5.13. The van der Waals surface area contributed by atoms with Gasteiger partial charge in [-0.2, -0.15) is 0 Å². The molecule has 0 aliphatic heterocycles. The van der Waals surface area contributed by atoms with Gasteiger partial charge in [-0.25, -0.2) is 0 Å². The van der Waals surface area contributed by atoms with Gasteiger partial charge in [0.25, 0.3) is 0 Å². The summed E-state index contributed by atoms with van der Waals surface area (Å²) in [7, 11) is 0. The van der Waals surface area contributed by atoms with Gasteiger partial charge in [0.1, 0.15) is 0 Å². The largest absolute Gasteiger partial charge is 0.294 e. The maximum atomic E-state index is 12.4. The second kappa shape index (κ2) is 5.46. The first kappa shape index (κ1) is 12.3. The van der Waals surface area contributed by atoms with Crippen molar-refractivity contribution in [1.82, 2.24) is 0 Å². The Morgan fingerprint density at radius 2 is 2.25 bits per heavy atom. The minimum Gasteiger partial charge on any atom is -0.294 e. The van der Waals surface area contributed by atoms with Gasteiger partial charge in [-0.1, -0.05) is 26.2 Å². The molecule has 0 bridgehead atoms. The average Bonchev–Trinajstić information content (AvgIpc) is 2.75. The Morgan fingerprint density at radius 1 is 1.50 bits per heavy atom. The SMILES string of the molecule is CCC1CCCCC1C(=O)c1csc(Br)c1. The molecule has 0 spiro atoms. The van der Waals surface area contributed by atoms with Gasteiger partial charge in [-0.3, -0.25) is 4.79 Å². The second-order valence-corrected chi connectivity index (χ2v) is 6.85. The fourth-order valence-electron chi connectivity index (χ4n) is 2.69. The van der Waals surface area contributed by atoms with Crippen LogP contribution in [-0.4, -0.2) is 5.78 Å². The second-order valence-electron chi connectivity index (χ2n) is 4.56. The van der Waals surface area contributed by atoms with Crippen LogP contribution in [0.1, 0.15) is 49.4 Å². The lowest BCUT2D eigenvalue weighted by Gasteiger charge is -2.29. The molecule has 1 saturated carbocycles. The lowest BCUT2D eigenvalue weighted by molar-refractivity contribution is 0.0821. The maximum Gasteiger partial charge on any atom is 0.167 e. The fourth-order valence-corrected chi connectivity index (χ4v) is 3.84. The molecule has 88 valence electrons. The number of Topliss-reactive ketones (excluding diaryl/α,β-unsaturated/α-hetero) is 1. The van der Waals surface area contributed by atoms with E-state index in [0.717, 1.165) is 22.2 Å². The third-order valence-electron chi connectivity index (χ3n) is 3.62. The summed E-state index contributed by atoms with van der Waals surface area (Å²) in [6.45, 7) is 2.21. The summed E-state index contributed by atoms with van der Waals surface area (Å²) in [5.41, 5.74) is 0.905. The summed E-state index contributed by atoms with van der Waals surface area (Å²) >= 11 is 5.02. The van der Waals surface area contributed by atoms with Crippen molar-refractivity contribution in [2.45, 2.75) is 39.0 Å². The molecule has 1 aliphatic carbocycles. The van der Waals surface area contributed by atoms with Gasteiger partial charge in [0.05, 0.1) is 3.79 Å². The maximum absolute atomic E-state index is 12.4. The molecule has 1 heterocycles. The summed E-state index contributed by atoms with van der Waals surface area (Å²) in [5, 5.41) is 1.98. The van der Waals surface area contributed by atoms with Gasteiger partial charge in [-0.15, -0.1) is 11.3 Å². The number of halogens is 1. The average molecular weight is 301 g/mol. The van der Waals surface area contributed by atoms with Gasteiger partial charge in [0.2, 0.25) is 0 Å². The van der Waals surface area contributed by atoms with Crippen LogP contribution in [-0.2, 0) is 0 Å². The van der Waals surface area contributed by atoms with Gasteiger partial charge in [0, 0.05) is 16.9 Å². The highest BCUT2D eigenvalue weighted by atomic mass is 79.9. The molecule has 0 N–H and O–H groups in total. The highest BCUT2D eigenvalue weighted by Gasteiger charge is 2.30. The van der Waals surface area contributed by atoms with E-state index in [-0.39, 0.29) is 5.92 Å². The van der Waals surface area contributed by atoms with Crippen molar-refractivity contribution in [3.8, 4) is 0 Å². The molecule has 1 nitrogen and oxygen atoms in total. The van der Waals surface area contributed by atoms with E-state index in [9.17, 15) is 4.79 Å². The summed E-state index contributed by atoms with van der Waals surface area (Å²) in [6, 6.07) is 1.97. The fraction of sp³-hybridized carbons (Fsp3) is 0.615. The Hall–Kier alpha value is -0.150. The minimum atomic E-state index is 0.278. The van der Waals surface area contributed by atoms with E-state index in [4.69, 9.17) is 0 Å². The standard InChI is InChI=1S/C13H17BrOS/c1-2-9-5-3-4-6-11(9)13(15)10-7-12(14)16-8-10/h7-9,11H,2-6H2,1H3. The van der Waals surface area contributed by atoms with E-state index in [0.29, 0.717) is 11.7 Å². The molecule has 1 aromatic rings. The van der Waals surface area contributed by atoms with E-state index < -0.39 is 0 Å². The first-order valence-corrected chi connectivity index (χ1v) is 7.68. The molecule has 0 saturated heterocycles. The lowest BCUT2D eigenvalue weighted by Crippen LogP contribution is -2.26. The Kier molecular flexibility index (Phi) is 4.20. The van der Waals surface area contributed by atoms with Gasteiger partial charge >= 0.3 is 0 Å². The molecule has 2 unspecified atom stereocenters. The molecule has 2 atom stereocenters. The van der Waals surface area contributed by atoms with Crippen molar-refractivity contribution in [2.75, 3.05) is 0 Å². The molecular formula is C13H17BrOS. The summed E-state index contributed by atoms with van der Waals surface area (Å²) in [6.07, 6.45) is 5.98. The topological polar surface area (TPSA) is 17.1 Å². The zero-order valence-electron chi connectivity index (χ0n) is 9.54. The monoisotopic (exact) mass is 300 g/mol. The summed E-state index contributed by atoms with van der Waals surface area (Å²) in [4.78, 5) is 12.4. The van der Waals surface area contributed by atoms with Crippen molar-refractivity contribution < 1.29 is 4.79 Å². The number of hydrogen-bond acceptors (Lipinski definition) is 2. The third kappa shape index (κ3) is 2.57. The molecule has 16 heavy (non-hydrogen) atoms. The van der Waals surface area contributed by atoms with E-state index >= 15 is 0 Å².